The molecule has 0 aliphatic heterocycles. The summed E-state index contributed by atoms with van der Waals surface area (Å²) in [6.07, 6.45) is 2.74. The summed E-state index contributed by atoms with van der Waals surface area (Å²) in [7, 11) is 1.49. The van der Waals surface area contributed by atoms with Crippen molar-refractivity contribution in [2.75, 3.05) is 18.9 Å². The van der Waals surface area contributed by atoms with Crippen molar-refractivity contribution in [3.8, 4) is 5.69 Å². The van der Waals surface area contributed by atoms with E-state index in [4.69, 9.17) is 11.6 Å². The molecule has 2 heterocycles. The molecule has 0 bridgehead atoms. The van der Waals surface area contributed by atoms with Crippen molar-refractivity contribution in [2.24, 2.45) is 0 Å². The van der Waals surface area contributed by atoms with Gasteiger partial charge in [0.05, 0.1) is 29.1 Å². The second-order valence-corrected chi connectivity index (χ2v) is 7.49. The maximum absolute atomic E-state index is 12.8. The van der Waals surface area contributed by atoms with Gasteiger partial charge >= 0.3 is 0 Å². The van der Waals surface area contributed by atoms with E-state index in [1.54, 1.807) is 28.9 Å². The summed E-state index contributed by atoms with van der Waals surface area (Å²) < 4.78 is 2.76. The number of hydrogen-bond acceptors (Lipinski definition) is 5. The van der Waals surface area contributed by atoms with Crippen LogP contribution in [0.1, 0.15) is 0 Å². The van der Waals surface area contributed by atoms with Crippen molar-refractivity contribution in [3.05, 3.63) is 82.5 Å². The van der Waals surface area contributed by atoms with Crippen molar-refractivity contribution in [1.29, 1.82) is 0 Å². The number of carbonyl (C=O) groups excluding carboxylic acids is 2. The van der Waals surface area contributed by atoms with Gasteiger partial charge in [0.25, 0.3) is 5.56 Å². The van der Waals surface area contributed by atoms with Gasteiger partial charge in [0.1, 0.15) is 18.3 Å². The summed E-state index contributed by atoms with van der Waals surface area (Å²) >= 11 is 6.03. The fraction of sp³-hybridized carbons (Fsp3) is 0.136. The van der Waals surface area contributed by atoms with E-state index in [0.29, 0.717) is 21.7 Å². The third-order valence-corrected chi connectivity index (χ3v) is 5.14. The smallest absolute Gasteiger partial charge is 0.264 e. The molecule has 0 fully saturated rings. The molecule has 162 valence electrons. The Morgan fingerprint density at radius 3 is 2.56 bits per heavy atom. The van der Waals surface area contributed by atoms with Crippen LogP contribution >= 0.6 is 11.6 Å². The van der Waals surface area contributed by atoms with Crippen LogP contribution in [-0.2, 0) is 16.1 Å². The Hall–Kier alpha value is -3.98. The number of halogens is 1. The number of benzene rings is 2. The highest BCUT2D eigenvalue weighted by Gasteiger charge is 2.17. The predicted molar refractivity (Wildman–Crippen MR) is 121 cm³/mol. The number of anilines is 1. The lowest BCUT2D eigenvalue weighted by Crippen LogP contribution is -2.38. The average Bonchev–Trinajstić information content (AvgIpc) is 3.22. The number of para-hydroxylation sites is 2. The fourth-order valence-corrected chi connectivity index (χ4v) is 3.32. The van der Waals surface area contributed by atoms with Crippen LogP contribution in [0.15, 0.2) is 71.9 Å². The van der Waals surface area contributed by atoms with Gasteiger partial charge in [-0.2, -0.15) is 5.10 Å². The van der Waals surface area contributed by atoms with Crippen LogP contribution in [-0.4, -0.2) is 49.6 Å². The molecule has 0 aliphatic rings. The third kappa shape index (κ3) is 4.37. The quantitative estimate of drug-likeness (QED) is 0.485. The minimum Gasteiger partial charge on any atom is -0.335 e. The van der Waals surface area contributed by atoms with Crippen LogP contribution in [0.4, 0.5) is 5.69 Å². The van der Waals surface area contributed by atoms with E-state index in [2.05, 4.69) is 15.4 Å². The number of amides is 2. The molecule has 2 amide bonds. The Morgan fingerprint density at radius 1 is 1.09 bits per heavy atom. The van der Waals surface area contributed by atoms with Crippen molar-refractivity contribution in [1.82, 2.24) is 24.2 Å². The zero-order chi connectivity index (χ0) is 22.7. The monoisotopic (exact) mass is 450 g/mol. The Kier molecular flexibility index (Phi) is 6.00. The van der Waals surface area contributed by atoms with E-state index in [9.17, 15) is 14.4 Å². The number of carbonyl (C=O) groups is 2. The molecule has 10 heteroatoms. The maximum atomic E-state index is 12.8. The molecule has 9 nitrogen and oxygen atoms in total. The van der Waals surface area contributed by atoms with Gasteiger partial charge in [0.2, 0.25) is 11.8 Å². The van der Waals surface area contributed by atoms with Crippen LogP contribution in [0, 0.1) is 0 Å². The van der Waals surface area contributed by atoms with E-state index in [1.165, 1.54) is 29.0 Å². The number of nitrogens with one attached hydrogen (secondary N) is 1. The highest BCUT2D eigenvalue weighted by atomic mass is 35.5. The lowest BCUT2D eigenvalue weighted by Gasteiger charge is -2.17. The maximum Gasteiger partial charge on any atom is 0.264 e. The fourth-order valence-electron chi connectivity index (χ4n) is 3.14. The van der Waals surface area contributed by atoms with Gasteiger partial charge in [-0.15, -0.1) is 0 Å². The van der Waals surface area contributed by atoms with E-state index in [0.717, 1.165) is 5.69 Å². The van der Waals surface area contributed by atoms with E-state index in [1.807, 2.05) is 30.3 Å². The first-order valence-electron chi connectivity index (χ1n) is 9.71. The van der Waals surface area contributed by atoms with Gasteiger partial charge in [-0.05, 0) is 24.3 Å². The molecule has 32 heavy (non-hydrogen) atoms. The van der Waals surface area contributed by atoms with Gasteiger partial charge in [-0.25, -0.2) is 9.67 Å². The lowest BCUT2D eigenvalue weighted by molar-refractivity contribution is -0.133. The zero-order valence-corrected chi connectivity index (χ0v) is 17.9. The molecule has 0 aliphatic carbocycles. The van der Waals surface area contributed by atoms with E-state index in [-0.39, 0.29) is 18.6 Å². The second kappa shape index (κ2) is 9.03. The topological polar surface area (TPSA) is 102 Å². The molecule has 4 aromatic rings. The number of aromatic nitrogens is 4. The number of likely N-dealkylation sites (N-methyl/N-ethyl adjacent to an activating group) is 1. The summed E-state index contributed by atoms with van der Waals surface area (Å²) in [4.78, 5) is 43.2. The van der Waals surface area contributed by atoms with Gasteiger partial charge in [-0.3, -0.25) is 19.0 Å². The molecule has 1 N–H and O–H groups in total. The Balaban J connectivity index is 1.46. The van der Waals surface area contributed by atoms with Crippen molar-refractivity contribution < 1.29 is 9.59 Å². The van der Waals surface area contributed by atoms with Crippen molar-refractivity contribution >= 4 is 40.1 Å². The summed E-state index contributed by atoms with van der Waals surface area (Å²) in [6, 6.07) is 16.1. The molecule has 0 atom stereocenters. The standard InChI is InChI=1S/C22H19ClN6O3/c1-27(12-19(30)26-18-10-6-5-9-17(18)23)20(31)13-28-14-24-21-16(22(28)32)11-25-29(21)15-7-3-2-4-8-15/h2-11,14H,12-13H2,1H3,(H,26,30). The van der Waals surface area contributed by atoms with E-state index < -0.39 is 11.8 Å². The van der Waals surface area contributed by atoms with Gasteiger partial charge in [-0.1, -0.05) is 41.9 Å². The highest BCUT2D eigenvalue weighted by Crippen LogP contribution is 2.20. The number of rotatable bonds is 6. The first-order chi connectivity index (χ1) is 15.4. The van der Waals surface area contributed by atoms with Crippen LogP contribution in [0.2, 0.25) is 5.02 Å². The molecule has 0 saturated carbocycles. The normalized spacial score (nSPS) is 10.8. The predicted octanol–water partition coefficient (Wildman–Crippen LogP) is 2.33. The SMILES string of the molecule is CN(CC(=O)Nc1ccccc1Cl)C(=O)Cn1cnc2c(cnn2-c2ccccc2)c1=O. The van der Waals surface area contributed by atoms with Crippen molar-refractivity contribution in [3.63, 3.8) is 0 Å². The molecular weight excluding hydrogens is 432 g/mol. The Bertz CT molecular complexity index is 1350. The lowest BCUT2D eigenvalue weighted by atomic mass is 10.3. The molecule has 0 spiro atoms. The summed E-state index contributed by atoms with van der Waals surface area (Å²) in [5.74, 6) is -0.822. The highest BCUT2D eigenvalue weighted by molar-refractivity contribution is 6.33. The minimum atomic E-state index is -0.419. The Labute approximate surface area is 187 Å². The molecular formula is C22H19ClN6O3. The first kappa shape index (κ1) is 21.3. The number of nitrogens with zero attached hydrogens (tertiary/aromatic N) is 5. The van der Waals surface area contributed by atoms with Gasteiger partial charge in [0, 0.05) is 7.05 Å². The largest absolute Gasteiger partial charge is 0.335 e. The van der Waals surface area contributed by atoms with Crippen LogP contribution in [0.5, 0.6) is 0 Å². The third-order valence-electron chi connectivity index (χ3n) is 4.82. The van der Waals surface area contributed by atoms with Crippen LogP contribution < -0.4 is 10.9 Å². The number of hydrogen-bond donors (Lipinski definition) is 1. The first-order valence-corrected chi connectivity index (χ1v) is 10.1. The van der Waals surface area contributed by atoms with E-state index >= 15 is 0 Å². The molecule has 0 radical (unpaired) electrons. The molecule has 0 saturated heterocycles. The number of fused-ring (bicyclic) bond motifs is 1. The molecule has 4 rings (SSSR count). The minimum absolute atomic E-state index is 0.194. The Morgan fingerprint density at radius 2 is 1.81 bits per heavy atom. The van der Waals surface area contributed by atoms with Crippen LogP contribution in [0.3, 0.4) is 0 Å². The summed E-state index contributed by atoms with van der Waals surface area (Å²) in [5.41, 5.74) is 1.24. The molecule has 2 aromatic heterocycles. The zero-order valence-electron chi connectivity index (χ0n) is 17.1. The van der Waals surface area contributed by atoms with Gasteiger partial charge in [0.15, 0.2) is 5.65 Å². The van der Waals surface area contributed by atoms with Crippen LogP contribution in [0.25, 0.3) is 16.7 Å². The van der Waals surface area contributed by atoms with Gasteiger partial charge < -0.3 is 10.2 Å². The summed E-state index contributed by atoms with van der Waals surface area (Å²) in [6.45, 7) is -0.450. The molecule has 2 aromatic carbocycles. The second-order valence-electron chi connectivity index (χ2n) is 7.08. The molecule has 0 unspecified atom stereocenters. The summed E-state index contributed by atoms with van der Waals surface area (Å²) in [5, 5.41) is 7.60. The van der Waals surface area contributed by atoms with Crippen molar-refractivity contribution in [2.45, 2.75) is 6.54 Å². The average molecular weight is 451 g/mol.